The minimum Gasteiger partial charge on any atom is -0.492 e. The van der Waals surface area contributed by atoms with Gasteiger partial charge in [-0.3, -0.25) is 4.79 Å². The van der Waals surface area contributed by atoms with Gasteiger partial charge < -0.3 is 14.4 Å². The van der Waals surface area contributed by atoms with Gasteiger partial charge >= 0.3 is 5.97 Å². The van der Waals surface area contributed by atoms with E-state index in [1.807, 2.05) is 17.6 Å². The largest absolute Gasteiger partial charge is 0.492 e. The number of aromatic nitrogens is 2. The number of carboxylic acids is 1. The molecule has 0 saturated carbocycles. The number of fused-ring (bicyclic) bond motifs is 3. The quantitative estimate of drug-likeness (QED) is 0.761. The summed E-state index contributed by atoms with van der Waals surface area (Å²) in [5.74, 6) is -0.216. The molecule has 0 amide bonds. The molecule has 6 heteroatoms. The molecule has 0 saturated heterocycles. The van der Waals surface area contributed by atoms with E-state index in [9.17, 15) is 14.7 Å². The molecule has 0 bridgehead atoms. The summed E-state index contributed by atoms with van der Waals surface area (Å²) in [5, 5.41) is 9.41. The van der Waals surface area contributed by atoms with Gasteiger partial charge in [0.05, 0.1) is 23.7 Å². The fourth-order valence-corrected chi connectivity index (χ4v) is 3.71. The number of hydrogen-bond acceptors (Lipinski definition) is 4. The Kier molecular flexibility index (Phi) is 5.33. The van der Waals surface area contributed by atoms with Crippen molar-refractivity contribution in [1.29, 1.82) is 0 Å². The predicted molar refractivity (Wildman–Crippen MR) is 108 cm³/mol. The standard InChI is InChI=1S/C22H28N2O4/c1-6-7-8-28-19-9-15-11-22(5,13(2)3)24-12-16(21(26)27)18(25)10-17(24)20(15)23-14(19)4/h9-10,12-13H,6-8,11H2,1-5H3,(H,26,27). The Morgan fingerprint density at radius 3 is 2.71 bits per heavy atom. The molecule has 0 aromatic carbocycles. The van der Waals surface area contributed by atoms with Crippen LogP contribution in [0.15, 0.2) is 23.1 Å². The summed E-state index contributed by atoms with van der Waals surface area (Å²) in [5.41, 5.74) is 2.09. The molecule has 0 spiro atoms. The summed E-state index contributed by atoms with van der Waals surface area (Å²) < 4.78 is 7.85. The van der Waals surface area contributed by atoms with Crippen molar-refractivity contribution in [2.24, 2.45) is 5.92 Å². The maximum atomic E-state index is 12.4. The zero-order valence-corrected chi connectivity index (χ0v) is 17.2. The van der Waals surface area contributed by atoms with Crippen molar-refractivity contribution in [1.82, 2.24) is 9.55 Å². The normalized spacial score (nSPS) is 17.9. The van der Waals surface area contributed by atoms with Gasteiger partial charge in [-0.05, 0) is 44.2 Å². The Labute approximate surface area is 165 Å². The van der Waals surface area contributed by atoms with Crippen LogP contribution >= 0.6 is 0 Å². The first-order valence-corrected chi connectivity index (χ1v) is 9.83. The average molecular weight is 384 g/mol. The molecule has 2 aromatic rings. The monoisotopic (exact) mass is 384 g/mol. The number of aryl methyl sites for hydroxylation is 1. The first kappa shape index (κ1) is 20.1. The Hall–Kier alpha value is -2.63. The van der Waals surface area contributed by atoms with Crippen molar-refractivity contribution < 1.29 is 14.6 Å². The number of pyridine rings is 2. The van der Waals surface area contributed by atoms with Gasteiger partial charge in [-0.2, -0.15) is 0 Å². The smallest absolute Gasteiger partial charge is 0.341 e. The summed E-state index contributed by atoms with van der Waals surface area (Å²) in [6.45, 7) is 11.0. The Balaban J connectivity index is 2.21. The molecule has 0 radical (unpaired) electrons. The van der Waals surface area contributed by atoms with Crippen molar-refractivity contribution in [3.8, 4) is 17.1 Å². The van der Waals surface area contributed by atoms with Gasteiger partial charge in [0.2, 0.25) is 0 Å². The fourth-order valence-electron chi connectivity index (χ4n) is 3.71. The topological polar surface area (TPSA) is 81.4 Å². The molecule has 1 atom stereocenters. The highest BCUT2D eigenvalue weighted by atomic mass is 16.5. The van der Waals surface area contributed by atoms with Crippen LogP contribution < -0.4 is 10.2 Å². The lowest BCUT2D eigenvalue weighted by Gasteiger charge is -2.42. The lowest BCUT2D eigenvalue weighted by atomic mass is 9.78. The second kappa shape index (κ2) is 7.41. The fraction of sp³-hybridized carbons (Fsp3) is 0.500. The molecular formula is C22H28N2O4. The van der Waals surface area contributed by atoms with Crippen LogP contribution in [-0.2, 0) is 12.0 Å². The number of carboxylic acid groups (broad SMARTS) is 1. The molecule has 1 aliphatic rings. The third-order valence-electron chi connectivity index (χ3n) is 5.87. The molecule has 1 N–H and O–H groups in total. The summed E-state index contributed by atoms with van der Waals surface area (Å²) in [4.78, 5) is 28.7. The van der Waals surface area contributed by atoms with Gasteiger partial charge in [0.25, 0.3) is 0 Å². The van der Waals surface area contributed by atoms with E-state index in [1.54, 1.807) is 0 Å². The number of rotatable bonds is 6. The maximum absolute atomic E-state index is 12.4. The van der Waals surface area contributed by atoms with Gasteiger partial charge in [0.1, 0.15) is 11.3 Å². The molecule has 28 heavy (non-hydrogen) atoms. The van der Waals surface area contributed by atoms with Gasteiger partial charge in [0.15, 0.2) is 5.43 Å². The van der Waals surface area contributed by atoms with Crippen molar-refractivity contribution in [3.05, 3.63) is 45.4 Å². The first-order chi connectivity index (χ1) is 13.2. The predicted octanol–water partition coefficient (Wildman–Crippen LogP) is 4.02. The van der Waals surface area contributed by atoms with E-state index >= 15 is 0 Å². The Morgan fingerprint density at radius 1 is 1.39 bits per heavy atom. The summed E-state index contributed by atoms with van der Waals surface area (Å²) in [6.07, 6.45) is 4.21. The molecule has 6 nitrogen and oxygen atoms in total. The minimum atomic E-state index is -1.21. The molecule has 1 aliphatic heterocycles. The first-order valence-electron chi connectivity index (χ1n) is 9.83. The van der Waals surface area contributed by atoms with E-state index in [4.69, 9.17) is 9.72 Å². The Morgan fingerprint density at radius 2 is 2.11 bits per heavy atom. The zero-order chi connectivity index (χ0) is 20.6. The molecule has 3 heterocycles. The number of hydrogen-bond donors (Lipinski definition) is 1. The van der Waals surface area contributed by atoms with E-state index in [0.29, 0.717) is 18.7 Å². The second-order valence-corrected chi connectivity index (χ2v) is 8.08. The van der Waals surface area contributed by atoms with Gasteiger partial charge in [-0.25, -0.2) is 9.78 Å². The van der Waals surface area contributed by atoms with Crippen LogP contribution in [0, 0.1) is 12.8 Å². The summed E-state index contributed by atoms with van der Waals surface area (Å²) in [7, 11) is 0. The van der Waals surface area contributed by atoms with Crippen LogP contribution in [0.4, 0.5) is 0 Å². The van der Waals surface area contributed by atoms with E-state index in [-0.39, 0.29) is 17.0 Å². The van der Waals surface area contributed by atoms with Gasteiger partial charge in [-0.15, -0.1) is 0 Å². The highest BCUT2D eigenvalue weighted by Crippen LogP contribution is 2.42. The molecule has 0 aliphatic carbocycles. The molecule has 150 valence electrons. The third-order valence-corrected chi connectivity index (χ3v) is 5.87. The lowest BCUT2D eigenvalue weighted by molar-refractivity contribution is 0.0693. The van der Waals surface area contributed by atoms with Crippen LogP contribution in [0.3, 0.4) is 0 Å². The summed E-state index contributed by atoms with van der Waals surface area (Å²) in [6, 6.07) is 3.44. The maximum Gasteiger partial charge on any atom is 0.341 e. The third kappa shape index (κ3) is 3.32. The number of unbranched alkanes of at least 4 members (excludes halogenated alkanes) is 1. The van der Waals surface area contributed by atoms with Crippen LogP contribution in [0.1, 0.15) is 62.2 Å². The van der Waals surface area contributed by atoms with E-state index in [0.717, 1.165) is 35.5 Å². The van der Waals surface area contributed by atoms with E-state index < -0.39 is 11.4 Å². The second-order valence-electron chi connectivity index (χ2n) is 8.08. The number of nitrogens with zero attached hydrogens (tertiary/aromatic N) is 2. The molecule has 3 rings (SSSR count). The highest BCUT2D eigenvalue weighted by Gasteiger charge is 2.38. The number of aromatic carboxylic acids is 1. The van der Waals surface area contributed by atoms with E-state index in [1.165, 1.54) is 12.3 Å². The van der Waals surface area contributed by atoms with Crippen LogP contribution in [0.2, 0.25) is 0 Å². The summed E-state index contributed by atoms with van der Waals surface area (Å²) >= 11 is 0. The van der Waals surface area contributed by atoms with Gasteiger partial charge in [-0.1, -0.05) is 27.2 Å². The number of carbonyl (C=O) groups is 1. The SMILES string of the molecule is CCCCOc1cc2c(nc1C)-c1cc(=O)c(C(=O)O)cn1C(C)(C(C)C)C2. The average Bonchev–Trinajstić information content (AvgIpc) is 2.62. The van der Waals surface area contributed by atoms with Crippen molar-refractivity contribution >= 4 is 5.97 Å². The van der Waals surface area contributed by atoms with Crippen LogP contribution in [0.5, 0.6) is 5.75 Å². The van der Waals surface area contributed by atoms with E-state index in [2.05, 4.69) is 27.7 Å². The molecular weight excluding hydrogens is 356 g/mol. The zero-order valence-electron chi connectivity index (χ0n) is 17.2. The Bertz CT molecular complexity index is 977. The highest BCUT2D eigenvalue weighted by molar-refractivity contribution is 5.87. The van der Waals surface area contributed by atoms with Crippen molar-refractivity contribution in [3.63, 3.8) is 0 Å². The van der Waals surface area contributed by atoms with Crippen molar-refractivity contribution in [2.45, 2.75) is 59.4 Å². The van der Waals surface area contributed by atoms with Gasteiger partial charge in [0, 0.05) is 17.8 Å². The minimum absolute atomic E-state index is 0.213. The number of ether oxygens (including phenoxy) is 1. The van der Waals surface area contributed by atoms with Crippen LogP contribution in [0.25, 0.3) is 11.4 Å². The lowest BCUT2D eigenvalue weighted by Crippen LogP contribution is -2.43. The van der Waals surface area contributed by atoms with Crippen molar-refractivity contribution in [2.75, 3.05) is 6.61 Å². The molecule has 1 unspecified atom stereocenters. The van der Waals surface area contributed by atoms with Crippen LogP contribution in [-0.4, -0.2) is 27.2 Å². The molecule has 2 aromatic heterocycles. The molecule has 0 fully saturated rings.